The Balaban J connectivity index is 2.56. The number of hydrogen-bond acceptors (Lipinski definition) is 3. The molecule has 0 radical (unpaired) electrons. The molecule has 2 rings (SSSR count). The van der Waals surface area contributed by atoms with Gasteiger partial charge in [-0.25, -0.2) is 9.49 Å². The first kappa shape index (κ1) is 8.55. The van der Waals surface area contributed by atoms with Gasteiger partial charge in [-0.3, -0.25) is 9.78 Å². The second kappa shape index (κ2) is 3.37. The van der Waals surface area contributed by atoms with E-state index in [1.54, 1.807) is 0 Å². The Bertz CT molecular complexity index is 492. The van der Waals surface area contributed by atoms with E-state index in [9.17, 15) is 9.18 Å². The molecule has 2 aromatic rings. The molecular weight excluding hydrogens is 185 g/mol. The molecule has 0 aliphatic heterocycles. The normalized spacial score (nSPS) is 10.1. The van der Waals surface area contributed by atoms with E-state index in [0.29, 0.717) is 11.3 Å². The van der Waals surface area contributed by atoms with E-state index in [1.807, 2.05) is 0 Å². The largest absolute Gasteiger partial charge is 0.273 e. The van der Waals surface area contributed by atoms with Crippen molar-refractivity contribution in [2.24, 2.45) is 0 Å². The van der Waals surface area contributed by atoms with Crippen LogP contribution in [-0.4, -0.2) is 15.2 Å². The Morgan fingerprint density at radius 1 is 1.29 bits per heavy atom. The van der Waals surface area contributed by atoms with E-state index in [4.69, 9.17) is 0 Å². The molecule has 0 fully saturated rings. The average molecular weight is 191 g/mol. The summed E-state index contributed by atoms with van der Waals surface area (Å²) in [4.78, 5) is 15.0. The zero-order chi connectivity index (χ0) is 9.97. The summed E-state index contributed by atoms with van der Waals surface area (Å²) in [6, 6.07) is 4.22. The number of rotatable bonds is 1. The Kier molecular flexibility index (Phi) is 2.06. The summed E-state index contributed by atoms with van der Waals surface area (Å²) in [5.41, 5.74) is 0.460. The van der Waals surface area contributed by atoms with Crippen molar-refractivity contribution in [1.29, 1.82) is 0 Å². The lowest BCUT2D eigenvalue weighted by molar-refractivity contribution is 0.622. The second-order valence-corrected chi connectivity index (χ2v) is 2.66. The van der Waals surface area contributed by atoms with Crippen LogP contribution in [0.2, 0.25) is 0 Å². The third kappa shape index (κ3) is 1.52. The number of aromatic nitrogens is 3. The minimum absolute atomic E-state index is 0.341. The first-order valence-corrected chi connectivity index (χ1v) is 3.93. The second-order valence-electron chi connectivity index (χ2n) is 2.66. The van der Waals surface area contributed by atoms with Crippen LogP contribution in [0.1, 0.15) is 0 Å². The summed E-state index contributed by atoms with van der Waals surface area (Å²) in [5, 5.41) is 5.82. The van der Waals surface area contributed by atoms with Gasteiger partial charge < -0.3 is 0 Å². The first-order valence-electron chi connectivity index (χ1n) is 3.93. The van der Waals surface area contributed by atoms with Crippen LogP contribution >= 0.6 is 0 Å². The summed E-state index contributed by atoms with van der Waals surface area (Å²) in [7, 11) is 0. The van der Waals surface area contributed by atoms with Crippen LogP contribution in [0.25, 0.3) is 11.3 Å². The highest BCUT2D eigenvalue weighted by molar-refractivity contribution is 5.56. The van der Waals surface area contributed by atoms with Crippen LogP contribution in [0.3, 0.4) is 0 Å². The standard InChI is InChI=1S/C9H6FN3O/c10-6-1-2-8(11-5-6)7-3-4-12-13-9(7)14/h1-5H,(H,13,14). The predicted molar refractivity (Wildman–Crippen MR) is 48.0 cm³/mol. The van der Waals surface area contributed by atoms with Gasteiger partial charge in [-0.15, -0.1) is 0 Å². The van der Waals surface area contributed by atoms with Gasteiger partial charge in [-0.2, -0.15) is 5.10 Å². The lowest BCUT2D eigenvalue weighted by Crippen LogP contribution is -2.10. The number of halogens is 1. The van der Waals surface area contributed by atoms with Gasteiger partial charge in [0.05, 0.1) is 17.5 Å². The van der Waals surface area contributed by atoms with Crippen LogP contribution in [0, 0.1) is 5.82 Å². The van der Waals surface area contributed by atoms with Crippen molar-refractivity contribution >= 4 is 0 Å². The smallest absolute Gasteiger partial charge is 0.267 e. The molecule has 70 valence electrons. The molecule has 2 heterocycles. The average Bonchev–Trinajstić information content (AvgIpc) is 2.20. The zero-order valence-corrected chi connectivity index (χ0v) is 7.07. The summed E-state index contributed by atoms with van der Waals surface area (Å²) in [6.07, 6.45) is 2.51. The van der Waals surface area contributed by atoms with E-state index in [2.05, 4.69) is 15.2 Å². The van der Waals surface area contributed by atoms with Gasteiger partial charge >= 0.3 is 0 Å². The highest BCUT2D eigenvalue weighted by atomic mass is 19.1. The van der Waals surface area contributed by atoms with Crippen LogP contribution < -0.4 is 5.56 Å². The SMILES string of the molecule is O=c1[nH]nccc1-c1ccc(F)cn1. The zero-order valence-electron chi connectivity index (χ0n) is 7.07. The van der Waals surface area contributed by atoms with E-state index in [-0.39, 0.29) is 5.56 Å². The quantitative estimate of drug-likeness (QED) is 0.730. The minimum Gasteiger partial charge on any atom is -0.267 e. The van der Waals surface area contributed by atoms with Gasteiger partial charge in [-0.1, -0.05) is 0 Å². The van der Waals surface area contributed by atoms with Crippen molar-refractivity contribution < 1.29 is 4.39 Å². The maximum atomic E-state index is 12.5. The van der Waals surface area contributed by atoms with Gasteiger partial charge in [0.15, 0.2) is 0 Å². The fourth-order valence-electron chi connectivity index (χ4n) is 1.08. The number of hydrogen-bond donors (Lipinski definition) is 1. The van der Waals surface area contributed by atoms with Gasteiger partial charge in [-0.05, 0) is 18.2 Å². The van der Waals surface area contributed by atoms with Crippen LogP contribution in [0.4, 0.5) is 4.39 Å². The number of H-pyrrole nitrogens is 1. The molecule has 0 bridgehead atoms. The highest BCUT2D eigenvalue weighted by Crippen LogP contribution is 2.10. The molecular formula is C9H6FN3O. The lowest BCUT2D eigenvalue weighted by atomic mass is 10.2. The Morgan fingerprint density at radius 3 is 2.79 bits per heavy atom. The Morgan fingerprint density at radius 2 is 2.14 bits per heavy atom. The summed E-state index contributed by atoms with van der Waals surface area (Å²) in [5.74, 6) is -0.431. The molecule has 4 nitrogen and oxygen atoms in total. The third-order valence-corrected chi connectivity index (χ3v) is 1.73. The molecule has 2 aromatic heterocycles. The van der Waals surface area contributed by atoms with Crippen molar-refractivity contribution in [3.05, 3.63) is 46.8 Å². The summed E-state index contributed by atoms with van der Waals surface area (Å²) >= 11 is 0. The molecule has 0 atom stereocenters. The van der Waals surface area contributed by atoms with Crippen molar-refractivity contribution in [2.45, 2.75) is 0 Å². The van der Waals surface area contributed by atoms with E-state index < -0.39 is 5.82 Å². The van der Waals surface area contributed by atoms with Crippen molar-refractivity contribution in [2.75, 3.05) is 0 Å². The van der Waals surface area contributed by atoms with Crippen molar-refractivity contribution in [1.82, 2.24) is 15.2 Å². The number of pyridine rings is 1. The Hall–Kier alpha value is -2.04. The molecule has 0 spiro atoms. The molecule has 0 saturated heterocycles. The number of nitrogens with one attached hydrogen (secondary N) is 1. The number of nitrogens with zero attached hydrogens (tertiary/aromatic N) is 2. The van der Waals surface area contributed by atoms with Gasteiger partial charge in [0, 0.05) is 6.20 Å². The maximum absolute atomic E-state index is 12.5. The van der Waals surface area contributed by atoms with Gasteiger partial charge in [0.25, 0.3) is 5.56 Å². The first-order chi connectivity index (χ1) is 6.77. The maximum Gasteiger partial charge on any atom is 0.273 e. The molecule has 0 unspecified atom stereocenters. The molecule has 14 heavy (non-hydrogen) atoms. The van der Waals surface area contributed by atoms with Crippen LogP contribution in [0.5, 0.6) is 0 Å². The summed E-state index contributed by atoms with van der Waals surface area (Å²) < 4.78 is 12.5. The molecule has 0 aliphatic rings. The molecule has 1 N–H and O–H groups in total. The molecule has 5 heteroatoms. The van der Waals surface area contributed by atoms with Gasteiger partial charge in [0.1, 0.15) is 5.82 Å². The van der Waals surface area contributed by atoms with Crippen molar-refractivity contribution in [3.8, 4) is 11.3 Å². The van der Waals surface area contributed by atoms with Gasteiger partial charge in [0.2, 0.25) is 0 Å². The predicted octanol–water partition coefficient (Wildman–Crippen LogP) is 0.971. The molecule has 0 saturated carbocycles. The van der Waals surface area contributed by atoms with Crippen LogP contribution in [-0.2, 0) is 0 Å². The fraction of sp³-hybridized carbons (Fsp3) is 0. The topological polar surface area (TPSA) is 58.6 Å². The minimum atomic E-state index is -0.431. The molecule has 0 aliphatic carbocycles. The van der Waals surface area contributed by atoms with E-state index in [0.717, 1.165) is 6.20 Å². The third-order valence-electron chi connectivity index (χ3n) is 1.73. The number of aromatic amines is 1. The Labute approximate surface area is 78.4 Å². The van der Waals surface area contributed by atoms with Crippen LogP contribution in [0.15, 0.2) is 35.4 Å². The highest BCUT2D eigenvalue weighted by Gasteiger charge is 2.03. The lowest BCUT2D eigenvalue weighted by Gasteiger charge is -1.97. The molecule has 0 amide bonds. The summed E-state index contributed by atoms with van der Waals surface area (Å²) in [6.45, 7) is 0. The van der Waals surface area contributed by atoms with E-state index in [1.165, 1.54) is 24.4 Å². The monoisotopic (exact) mass is 191 g/mol. The van der Waals surface area contributed by atoms with Crippen molar-refractivity contribution in [3.63, 3.8) is 0 Å². The molecule has 0 aromatic carbocycles. The fourth-order valence-corrected chi connectivity index (χ4v) is 1.08. The van der Waals surface area contributed by atoms with E-state index >= 15 is 0 Å².